The van der Waals surface area contributed by atoms with Crippen molar-refractivity contribution in [3.63, 3.8) is 0 Å². The van der Waals surface area contributed by atoms with Crippen molar-refractivity contribution >= 4 is 23.3 Å². The maximum Gasteiger partial charge on any atom is 0.355 e. The Morgan fingerprint density at radius 1 is 1.21 bits per heavy atom. The number of benzene rings is 1. The molecule has 0 saturated carbocycles. The van der Waals surface area contributed by atoms with Crippen LogP contribution in [0.4, 0.5) is 5.69 Å². The van der Waals surface area contributed by atoms with Gasteiger partial charge in [0.15, 0.2) is 11.9 Å². The minimum Gasteiger partial charge on any atom is -0.448 e. The number of aryl methyl sites for hydroxylation is 1. The van der Waals surface area contributed by atoms with Crippen molar-refractivity contribution in [1.82, 2.24) is 4.98 Å². The van der Waals surface area contributed by atoms with Crippen molar-refractivity contribution in [3.05, 3.63) is 53.3 Å². The fourth-order valence-corrected chi connectivity index (χ4v) is 2.06. The number of esters is 1. The lowest BCUT2D eigenvalue weighted by Crippen LogP contribution is -2.30. The van der Waals surface area contributed by atoms with Crippen molar-refractivity contribution in [2.24, 2.45) is 0 Å². The molecule has 0 radical (unpaired) electrons. The summed E-state index contributed by atoms with van der Waals surface area (Å²) in [6.45, 7) is 4.94. The minimum atomic E-state index is -0.965. The van der Waals surface area contributed by atoms with Crippen molar-refractivity contribution in [1.29, 1.82) is 0 Å². The summed E-state index contributed by atoms with van der Waals surface area (Å²) in [5.41, 5.74) is 2.32. The number of ether oxygens (including phenoxy) is 1. The highest BCUT2D eigenvalue weighted by atomic mass is 16.5. The highest BCUT2D eigenvalue weighted by Crippen LogP contribution is 2.12. The summed E-state index contributed by atoms with van der Waals surface area (Å²) in [5.74, 6) is -1.27. The van der Waals surface area contributed by atoms with E-state index in [0.717, 1.165) is 6.42 Å². The van der Waals surface area contributed by atoms with E-state index in [2.05, 4.69) is 10.3 Å². The molecule has 2 rings (SSSR count). The molecule has 2 aromatic rings. The van der Waals surface area contributed by atoms with Gasteiger partial charge in [0.25, 0.3) is 5.91 Å². The van der Waals surface area contributed by atoms with E-state index in [4.69, 9.17) is 4.74 Å². The average molecular weight is 328 g/mol. The number of Topliss-reactive ketones (excluding diaryl/α,β-unsaturated/α-hetero) is 1. The molecule has 1 heterocycles. The second-order valence-electron chi connectivity index (χ2n) is 5.45. The van der Waals surface area contributed by atoms with E-state index < -0.39 is 18.0 Å². The zero-order valence-electron chi connectivity index (χ0n) is 13.9. The molecule has 0 aliphatic rings. The number of hydrogen-bond acceptors (Lipinski definition) is 4. The van der Waals surface area contributed by atoms with E-state index in [1.807, 2.05) is 19.1 Å². The van der Waals surface area contributed by atoms with E-state index in [-0.39, 0.29) is 11.5 Å². The summed E-state index contributed by atoms with van der Waals surface area (Å²) in [6.07, 6.45) is 1.38. The van der Waals surface area contributed by atoms with Crippen LogP contribution in [-0.2, 0) is 16.0 Å². The Morgan fingerprint density at radius 2 is 1.88 bits per heavy atom. The van der Waals surface area contributed by atoms with Crippen LogP contribution < -0.4 is 5.32 Å². The number of amides is 1. The normalized spacial score (nSPS) is 11.6. The summed E-state index contributed by atoms with van der Waals surface area (Å²) in [7, 11) is 0. The van der Waals surface area contributed by atoms with Crippen molar-refractivity contribution in [2.75, 3.05) is 5.32 Å². The third kappa shape index (κ3) is 4.32. The van der Waals surface area contributed by atoms with Gasteiger partial charge in [-0.05, 0) is 44.0 Å². The van der Waals surface area contributed by atoms with Crippen LogP contribution in [0.25, 0.3) is 0 Å². The van der Waals surface area contributed by atoms with Crippen LogP contribution in [0.5, 0.6) is 0 Å². The highest BCUT2D eigenvalue weighted by Gasteiger charge is 2.20. The average Bonchev–Trinajstić information content (AvgIpc) is 3.06. The lowest BCUT2D eigenvalue weighted by molar-refractivity contribution is -0.123. The molecule has 6 nitrogen and oxygen atoms in total. The highest BCUT2D eigenvalue weighted by molar-refractivity contribution is 5.99. The van der Waals surface area contributed by atoms with Crippen molar-refractivity contribution in [2.45, 2.75) is 33.3 Å². The van der Waals surface area contributed by atoms with Gasteiger partial charge in [0.1, 0.15) is 5.69 Å². The van der Waals surface area contributed by atoms with Crippen molar-refractivity contribution in [3.8, 4) is 0 Å². The predicted octanol–water partition coefficient (Wildman–Crippen LogP) is 2.96. The predicted molar refractivity (Wildman–Crippen MR) is 90.1 cm³/mol. The quantitative estimate of drug-likeness (QED) is 0.630. The molecule has 0 aliphatic heterocycles. The summed E-state index contributed by atoms with van der Waals surface area (Å²) >= 11 is 0. The van der Waals surface area contributed by atoms with Gasteiger partial charge in [0.2, 0.25) is 0 Å². The molecule has 0 fully saturated rings. The first-order chi connectivity index (χ1) is 11.4. The van der Waals surface area contributed by atoms with Gasteiger partial charge in [-0.15, -0.1) is 0 Å². The van der Waals surface area contributed by atoms with E-state index in [9.17, 15) is 14.4 Å². The Labute approximate surface area is 140 Å². The third-order valence-corrected chi connectivity index (χ3v) is 3.59. The maximum atomic E-state index is 12.1. The number of rotatable bonds is 6. The molecule has 6 heteroatoms. The molecule has 2 N–H and O–H groups in total. The van der Waals surface area contributed by atoms with E-state index >= 15 is 0 Å². The molecular formula is C18H20N2O4. The van der Waals surface area contributed by atoms with Gasteiger partial charge in [0.05, 0.1) is 0 Å². The Bertz CT molecular complexity index is 747. The van der Waals surface area contributed by atoms with Crippen LogP contribution in [0.15, 0.2) is 36.5 Å². The number of hydrogen-bond donors (Lipinski definition) is 2. The van der Waals surface area contributed by atoms with Gasteiger partial charge in [-0.3, -0.25) is 9.59 Å². The van der Waals surface area contributed by atoms with Crippen LogP contribution in [-0.4, -0.2) is 28.7 Å². The number of H-pyrrole nitrogens is 1. The molecule has 0 unspecified atom stereocenters. The first-order valence-electron chi connectivity index (χ1n) is 7.70. The molecule has 1 atom stereocenters. The lowest BCUT2D eigenvalue weighted by atomic mass is 10.1. The number of aromatic nitrogens is 1. The molecule has 0 bridgehead atoms. The van der Waals surface area contributed by atoms with Crippen LogP contribution in [0.2, 0.25) is 0 Å². The Balaban J connectivity index is 1.94. The summed E-state index contributed by atoms with van der Waals surface area (Å²) in [5, 5.41) is 2.69. The summed E-state index contributed by atoms with van der Waals surface area (Å²) in [4.78, 5) is 38.0. The van der Waals surface area contributed by atoms with Gasteiger partial charge in [-0.1, -0.05) is 19.1 Å². The Morgan fingerprint density at radius 3 is 2.42 bits per heavy atom. The standard InChI is InChI=1S/C18H20N2O4/c1-4-13-5-7-15(8-6-13)20-17(22)12(3)24-18(23)16-9-14(10-19-16)11(2)21/h5-10,12,19H,4H2,1-3H3,(H,20,22)/t12-/m0/s1. The van der Waals surface area contributed by atoms with Crippen LogP contribution in [0, 0.1) is 0 Å². The van der Waals surface area contributed by atoms with Gasteiger partial charge in [-0.2, -0.15) is 0 Å². The van der Waals surface area contributed by atoms with Crippen LogP contribution >= 0.6 is 0 Å². The van der Waals surface area contributed by atoms with Crippen LogP contribution in [0.1, 0.15) is 47.2 Å². The van der Waals surface area contributed by atoms with E-state index in [1.54, 1.807) is 12.1 Å². The number of carbonyl (C=O) groups excluding carboxylic acids is 3. The minimum absolute atomic E-state index is 0.132. The third-order valence-electron chi connectivity index (χ3n) is 3.59. The maximum absolute atomic E-state index is 12.1. The Kier molecular flexibility index (Phi) is 5.52. The van der Waals surface area contributed by atoms with Crippen molar-refractivity contribution < 1.29 is 19.1 Å². The zero-order chi connectivity index (χ0) is 17.7. The molecule has 24 heavy (non-hydrogen) atoms. The molecule has 0 spiro atoms. The molecule has 0 aliphatic carbocycles. The molecule has 0 saturated heterocycles. The Hall–Kier alpha value is -2.89. The SMILES string of the molecule is CCc1ccc(NC(=O)[C@H](C)OC(=O)c2cc(C(C)=O)c[nH]2)cc1. The fourth-order valence-electron chi connectivity index (χ4n) is 2.06. The summed E-state index contributed by atoms with van der Waals surface area (Å²) < 4.78 is 5.11. The topological polar surface area (TPSA) is 88.3 Å². The first-order valence-corrected chi connectivity index (χ1v) is 7.70. The molecular weight excluding hydrogens is 308 g/mol. The number of anilines is 1. The van der Waals surface area contributed by atoms with Gasteiger partial charge in [0, 0.05) is 17.4 Å². The van der Waals surface area contributed by atoms with Crippen LogP contribution in [0.3, 0.4) is 0 Å². The second kappa shape index (κ2) is 7.59. The largest absolute Gasteiger partial charge is 0.448 e. The second-order valence-corrected chi connectivity index (χ2v) is 5.45. The molecule has 1 amide bonds. The lowest BCUT2D eigenvalue weighted by Gasteiger charge is -2.13. The number of carbonyl (C=O) groups is 3. The number of aromatic amines is 1. The van der Waals surface area contributed by atoms with Gasteiger partial charge < -0.3 is 15.0 Å². The van der Waals surface area contributed by atoms with Gasteiger partial charge in [-0.25, -0.2) is 4.79 Å². The monoisotopic (exact) mass is 328 g/mol. The molecule has 1 aromatic heterocycles. The molecule has 1 aromatic carbocycles. The zero-order valence-corrected chi connectivity index (χ0v) is 13.9. The van der Waals surface area contributed by atoms with Gasteiger partial charge >= 0.3 is 5.97 Å². The molecule has 126 valence electrons. The number of nitrogens with one attached hydrogen (secondary N) is 2. The smallest absolute Gasteiger partial charge is 0.355 e. The summed E-state index contributed by atoms with van der Waals surface area (Å²) in [6, 6.07) is 8.85. The fraction of sp³-hybridized carbons (Fsp3) is 0.278. The first kappa shape index (κ1) is 17.5. The number of ketones is 1. The van der Waals surface area contributed by atoms with E-state index in [1.165, 1.54) is 31.7 Å². The van der Waals surface area contributed by atoms with E-state index in [0.29, 0.717) is 11.3 Å².